The summed E-state index contributed by atoms with van der Waals surface area (Å²) in [5.74, 6) is -0.762. The SMILES string of the molecule is CC(C)(C)OC(=O)[C@@](C#N)(/C=C\C(=O)C(C)(C)C)CCc1ccccc1. The first-order valence-corrected chi connectivity index (χ1v) is 8.82. The Hall–Kier alpha value is -2.41. The first kappa shape index (κ1) is 21.6. The van der Waals surface area contributed by atoms with Crippen molar-refractivity contribution in [2.45, 2.75) is 60.0 Å². The van der Waals surface area contributed by atoms with Gasteiger partial charge in [0, 0.05) is 5.41 Å². The monoisotopic (exact) mass is 355 g/mol. The third-order valence-electron chi connectivity index (χ3n) is 3.87. The van der Waals surface area contributed by atoms with Crippen molar-refractivity contribution < 1.29 is 14.3 Å². The van der Waals surface area contributed by atoms with Crippen molar-refractivity contribution >= 4 is 11.8 Å². The Morgan fingerprint density at radius 1 is 1.08 bits per heavy atom. The second kappa shape index (κ2) is 8.31. The molecule has 0 unspecified atom stereocenters. The zero-order chi connectivity index (χ0) is 20.0. The number of benzene rings is 1. The molecule has 0 saturated carbocycles. The predicted molar refractivity (Wildman–Crippen MR) is 102 cm³/mol. The van der Waals surface area contributed by atoms with Crippen LogP contribution in [0.15, 0.2) is 42.5 Å². The van der Waals surface area contributed by atoms with Crippen LogP contribution < -0.4 is 0 Å². The number of hydrogen-bond acceptors (Lipinski definition) is 4. The summed E-state index contributed by atoms with van der Waals surface area (Å²) >= 11 is 0. The normalized spacial score (nSPS) is 14.5. The van der Waals surface area contributed by atoms with Gasteiger partial charge in [0.05, 0.1) is 6.07 Å². The summed E-state index contributed by atoms with van der Waals surface area (Å²) in [5.41, 5.74) is -1.77. The second-order valence-corrected chi connectivity index (χ2v) is 8.52. The number of hydrogen-bond donors (Lipinski definition) is 0. The molecule has 4 nitrogen and oxygen atoms in total. The highest BCUT2D eigenvalue weighted by molar-refractivity contribution is 5.95. The molecule has 1 rings (SSSR count). The van der Waals surface area contributed by atoms with Crippen molar-refractivity contribution in [3.8, 4) is 6.07 Å². The van der Waals surface area contributed by atoms with E-state index in [-0.39, 0.29) is 12.2 Å². The van der Waals surface area contributed by atoms with Crippen LogP contribution in [0.1, 0.15) is 53.5 Å². The predicted octanol–water partition coefficient (Wildman–Crippen LogP) is 4.64. The summed E-state index contributed by atoms with van der Waals surface area (Å²) in [6, 6.07) is 11.7. The van der Waals surface area contributed by atoms with Crippen LogP contribution in [0, 0.1) is 22.2 Å². The van der Waals surface area contributed by atoms with Gasteiger partial charge in [-0.15, -0.1) is 0 Å². The van der Waals surface area contributed by atoms with Crippen LogP contribution in [0.5, 0.6) is 0 Å². The lowest BCUT2D eigenvalue weighted by atomic mass is 9.81. The number of esters is 1. The smallest absolute Gasteiger partial charge is 0.331 e. The minimum atomic E-state index is -1.50. The van der Waals surface area contributed by atoms with E-state index in [1.54, 1.807) is 41.5 Å². The van der Waals surface area contributed by atoms with E-state index in [0.29, 0.717) is 6.42 Å². The number of nitriles is 1. The molecule has 0 N–H and O–H groups in total. The molecule has 140 valence electrons. The van der Waals surface area contributed by atoms with Gasteiger partial charge in [0.25, 0.3) is 0 Å². The van der Waals surface area contributed by atoms with Crippen molar-refractivity contribution in [3.05, 3.63) is 48.0 Å². The second-order valence-electron chi connectivity index (χ2n) is 8.52. The number of allylic oxidation sites excluding steroid dienone is 1. The summed E-state index contributed by atoms with van der Waals surface area (Å²) in [6.07, 6.45) is 3.54. The van der Waals surface area contributed by atoms with Gasteiger partial charge < -0.3 is 4.74 Å². The fraction of sp³-hybridized carbons (Fsp3) is 0.500. The Morgan fingerprint density at radius 3 is 2.12 bits per heavy atom. The molecule has 0 bridgehead atoms. The van der Waals surface area contributed by atoms with Gasteiger partial charge in [-0.05, 0) is 51.3 Å². The first-order chi connectivity index (χ1) is 11.9. The van der Waals surface area contributed by atoms with E-state index in [9.17, 15) is 14.9 Å². The molecule has 4 heteroatoms. The molecule has 0 aliphatic heterocycles. The third kappa shape index (κ3) is 6.48. The average Bonchev–Trinajstić information content (AvgIpc) is 2.53. The number of aryl methyl sites for hydroxylation is 1. The number of nitrogens with zero attached hydrogens (tertiary/aromatic N) is 1. The standard InChI is InChI=1S/C22H29NO3/c1-20(2,3)18(24)13-15-22(16-23,19(25)26-21(4,5)6)14-12-17-10-8-7-9-11-17/h7-11,13,15H,12,14H2,1-6H3/b15-13-/t22-/m1/s1. The van der Waals surface area contributed by atoms with Crippen molar-refractivity contribution in [1.82, 2.24) is 0 Å². The van der Waals surface area contributed by atoms with Crippen LogP contribution in [0.2, 0.25) is 0 Å². The van der Waals surface area contributed by atoms with Crippen LogP contribution in [0.4, 0.5) is 0 Å². The third-order valence-corrected chi connectivity index (χ3v) is 3.87. The van der Waals surface area contributed by atoms with Crippen molar-refractivity contribution in [2.75, 3.05) is 0 Å². The topological polar surface area (TPSA) is 67.2 Å². The Morgan fingerprint density at radius 2 is 1.65 bits per heavy atom. The largest absolute Gasteiger partial charge is 0.459 e. The van der Waals surface area contributed by atoms with Crippen LogP contribution in [0.3, 0.4) is 0 Å². The van der Waals surface area contributed by atoms with Gasteiger partial charge >= 0.3 is 5.97 Å². The van der Waals surface area contributed by atoms with E-state index in [1.807, 2.05) is 30.3 Å². The molecule has 1 aromatic carbocycles. The van der Waals surface area contributed by atoms with Crippen molar-refractivity contribution in [1.29, 1.82) is 5.26 Å². The highest BCUT2D eigenvalue weighted by Crippen LogP contribution is 2.30. The highest BCUT2D eigenvalue weighted by atomic mass is 16.6. The highest BCUT2D eigenvalue weighted by Gasteiger charge is 2.40. The maximum absolute atomic E-state index is 12.8. The molecular weight excluding hydrogens is 326 g/mol. The Balaban J connectivity index is 3.16. The number of rotatable bonds is 6. The lowest BCUT2D eigenvalue weighted by Gasteiger charge is -2.27. The van der Waals surface area contributed by atoms with E-state index >= 15 is 0 Å². The molecule has 0 spiro atoms. The molecule has 1 atom stereocenters. The summed E-state index contributed by atoms with van der Waals surface area (Å²) in [4.78, 5) is 25.0. The molecule has 0 aliphatic rings. The molecule has 0 radical (unpaired) electrons. The average molecular weight is 355 g/mol. The Bertz CT molecular complexity index is 700. The molecule has 26 heavy (non-hydrogen) atoms. The van der Waals surface area contributed by atoms with Gasteiger partial charge in [-0.1, -0.05) is 51.1 Å². The van der Waals surface area contributed by atoms with Crippen LogP contribution in [0.25, 0.3) is 0 Å². The molecule has 0 heterocycles. The fourth-order valence-electron chi connectivity index (χ4n) is 2.22. The Labute approximate surface area is 156 Å². The number of ether oxygens (including phenoxy) is 1. The zero-order valence-electron chi connectivity index (χ0n) is 16.6. The van der Waals surface area contributed by atoms with E-state index in [0.717, 1.165) is 5.56 Å². The molecule has 1 aromatic rings. The molecular formula is C22H29NO3. The molecule has 0 aromatic heterocycles. The van der Waals surface area contributed by atoms with Gasteiger partial charge in [0.15, 0.2) is 11.2 Å². The van der Waals surface area contributed by atoms with Gasteiger partial charge in [0.1, 0.15) is 5.60 Å². The van der Waals surface area contributed by atoms with E-state index in [4.69, 9.17) is 4.74 Å². The van der Waals surface area contributed by atoms with Crippen molar-refractivity contribution in [2.24, 2.45) is 10.8 Å². The summed E-state index contributed by atoms with van der Waals surface area (Å²) in [5, 5.41) is 9.82. The molecule has 0 amide bonds. The molecule has 0 aliphatic carbocycles. The zero-order valence-corrected chi connectivity index (χ0v) is 16.6. The fourth-order valence-corrected chi connectivity index (χ4v) is 2.22. The number of carbonyl (C=O) groups is 2. The lowest BCUT2D eigenvalue weighted by Crippen LogP contribution is -2.36. The van der Waals surface area contributed by atoms with E-state index in [1.165, 1.54) is 12.2 Å². The molecule has 0 saturated heterocycles. The summed E-state index contributed by atoms with van der Waals surface area (Å²) < 4.78 is 5.48. The number of ketones is 1. The quantitative estimate of drug-likeness (QED) is 0.550. The van der Waals surface area contributed by atoms with Gasteiger partial charge in [0.2, 0.25) is 0 Å². The lowest BCUT2D eigenvalue weighted by molar-refractivity contribution is -0.161. The first-order valence-electron chi connectivity index (χ1n) is 8.82. The van der Waals surface area contributed by atoms with Crippen molar-refractivity contribution in [3.63, 3.8) is 0 Å². The van der Waals surface area contributed by atoms with Gasteiger partial charge in [-0.3, -0.25) is 4.79 Å². The summed E-state index contributed by atoms with van der Waals surface area (Å²) in [6.45, 7) is 10.7. The van der Waals surface area contributed by atoms with E-state index < -0.39 is 22.4 Å². The maximum atomic E-state index is 12.8. The maximum Gasteiger partial charge on any atom is 0.331 e. The van der Waals surface area contributed by atoms with Gasteiger partial charge in [-0.2, -0.15) is 5.26 Å². The van der Waals surface area contributed by atoms with Crippen LogP contribution >= 0.6 is 0 Å². The van der Waals surface area contributed by atoms with Crippen LogP contribution in [-0.2, 0) is 20.7 Å². The minimum absolute atomic E-state index is 0.139. The number of carbonyl (C=O) groups excluding carboxylic acids is 2. The molecule has 0 fully saturated rings. The summed E-state index contributed by atoms with van der Waals surface area (Å²) in [7, 11) is 0. The Kier molecular flexibility index (Phi) is 6.92. The van der Waals surface area contributed by atoms with Gasteiger partial charge in [-0.25, -0.2) is 4.79 Å². The minimum Gasteiger partial charge on any atom is -0.459 e. The van der Waals surface area contributed by atoms with E-state index in [2.05, 4.69) is 6.07 Å². The van der Waals surface area contributed by atoms with Crippen LogP contribution in [-0.4, -0.2) is 17.4 Å².